The van der Waals surface area contributed by atoms with E-state index in [1.807, 2.05) is 0 Å². The van der Waals surface area contributed by atoms with Crippen molar-refractivity contribution in [2.75, 3.05) is 0 Å². The van der Waals surface area contributed by atoms with Gasteiger partial charge in [-0.3, -0.25) is 24.0 Å². The maximum Gasteiger partial charge on any atom is 0.253 e. The quantitative estimate of drug-likeness (QED) is 0.142. The summed E-state index contributed by atoms with van der Waals surface area (Å²) in [5, 5.41) is 77.7. The molecule has 13 heteroatoms. The molecule has 2 heterocycles. The minimum atomic E-state index is -1.53. The Labute approximate surface area is 308 Å². The third kappa shape index (κ3) is 9.80. The number of aliphatic hydroxyl groups excluding tert-OH is 6. The second kappa shape index (κ2) is 17.8. The molecule has 13 nitrogen and oxygen atoms in total. The van der Waals surface area contributed by atoms with Gasteiger partial charge in [-0.05, 0) is 56.9 Å². The Balaban J connectivity index is 2.12. The molecule has 4 bridgehead atoms. The number of amides is 1. The first-order valence-corrected chi connectivity index (χ1v) is 17.3. The maximum absolute atomic E-state index is 13.8. The Bertz CT molecular complexity index is 1840. The molecule has 2 aliphatic heterocycles. The van der Waals surface area contributed by atoms with Gasteiger partial charge in [0.1, 0.15) is 11.4 Å². The van der Waals surface area contributed by atoms with Gasteiger partial charge < -0.3 is 41.1 Å². The van der Waals surface area contributed by atoms with Gasteiger partial charge in [0.25, 0.3) is 11.7 Å². The summed E-state index contributed by atoms with van der Waals surface area (Å²) < 4.78 is 0. The van der Waals surface area contributed by atoms with Crippen LogP contribution in [0.25, 0.3) is 5.76 Å². The van der Waals surface area contributed by atoms with Crippen LogP contribution in [0.15, 0.2) is 71.0 Å². The smallest absolute Gasteiger partial charge is 0.253 e. The van der Waals surface area contributed by atoms with Crippen molar-refractivity contribution in [1.29, 1.82) is 0 Å². The molecule has 1 aliphatic carbocycles. The van der Waals surface area contributed by atoms with Crippen LogP contribution in [0.5, 0.6) is 5.75 Å². The van der Waals surface area contributed by atoms with Crippen molar-refractivity contribution >= 4 is 34.8 Å². The average molecular weight is 736 g/mol. The number of phenols is 1. The third-order valence-electron chi connectivity index (χ3n) is 9.70. The number of Topliss-reactive ketones (excluding diaryl/α,β-unsaturated/α-hetero) is 4. The molecule has 0 saturated carbocycles. The number of carbonyl (C=O) groups excluding carboxylic acids is 5. The predicted molar refractivity (Wildman–Crippen MR) is 196 cm³/mol. The number of benzene rings is 1. The molecule has 0 fully saturated rings. The molecule has 0 radical (unpaired) electrons. The number of nitrogens with one attached hydrogen (secondary N) is 1. The van der Waals surface area contributed by atoms with E-state index in [9.17, 15) is 59.7 Å². The van der Waals surface area contributed by atoms with Crippen molar-refractivity contribution in [3.8, 4) is 5.75 Å². The molecule has 8 unspecified atom stereocenters. The molecule has 0 spiro atoms. The van der Waals surface area contributed by atoms with E-state index >= 15 is 0 Å². The molecular formula is C40H49NO12. The highest BCUT2D eigenvalue weighted by molar-refractivity contribution is 6.53. The summed E-state index contributed by atoms with van der Waals surface area (Å²) in [6.07, 6.45) is 2.73. The Morgan fingerprint density at radius 2 is 1.36 bits per heavy atom. The normalized spacial score (nSPS) is 29.2. The van der Waals surface area contributed by atoms with Crippen LogP contribution in [0.3, 0.4) is 0 Å². The Morgan fingerprint density at radius 1 is 0.717 bits per heavy atom. The van der Waals surface area contributed by atoms with E-state index < -0.39 is 106 Å². The van der Waals surface area contributed by atoms with Gasteiger partial charge in [0, 0.05) is 35.3 Å². The SMILES string of the molecule is CC1=CCC(O)C=CC(C)C(O)C(C)C=C(C)C(=O)c2c(O)c(C)cc3c2C(=O)C(=O)C(=C3O)NC(=O)C(C)=CC=CC(O)C(O)C(C)C(O)CC1=O. The molecule has 0 saturated heterocycles. The van der Waals surface area contributed by atoms with E-state index in [1.165, 1.54) is 71.1 Å². The van der Waals surface area contributed by atoms with Gasteiger partial charge in [0.05, 0.1) is 41.6 Å². The molecule has 1 aromatic rings. The number of aromatic hydroxyl groups is 1. The van der Waals surface area contributed by atoms with Gasteiger partial charge in [0.2, 0.25) is 5.78 Å². The largest absolute Gasteiger partial charge is 0.507 e. The van der Waals surface area contributed by atoms with E-state index in [0.29, 0.717) is 0 Å². The zero-order valence-electron chi connectivity index (χ0n) is 30.8. The van der Waals surface area contributed by atoms with Gasteiger partial charge in [0.15, 0.2) is 17.3 Å². The molecule has 8 N–H and O–H groups in total. The number of hydrogen-bond acceptors (Lipinski definition) is 12. The van der Waals surface area contributed by atoms with Crippen LogP contribution >= 0.6 is 0 Å². The summed E-state index contributed by atoms with van der Waals surface area (Å²) in [4.78, 5) is 66.3. The number of hydrogen-bond donors (Lipinski definition) is 8. The van der Waals surface area contributed by atoms with Crippen molar-refractivity contribution in [3.63, 3.8) is 0 Å². The number of aryl methyl sites for hydroxylation is 1. The molecule has 3 aliphatic rings. The molecule has 8 atom stereocenters. The summed E-state index contributed by atoms with van der Waals surface area (Å²) >= 11 is 0. The van der Waals surface area contributed by atoms with Crippen LogP contribution < -0.4 is 5.32 Å². The zero-order chi connectivity index (χ0) is 40.1. The van der Waals surface area contributed by atoms with Crippen molar-refractivity contribution in [1.82, 2.24) is 5.32 Å². The molecule has 4 rings (SSSR count). The van der Waals surface area contributed by atoms with Crippen molar-refractivity contribution in [2.45, 2.75) is 91.8 Å². The molecule has 1 amide bonds. The van der Waals surface area contributed by atoms with Crippen LogP contribution in [-0.4, -0.2) is 95.3 Å². The standard InChI is InChI=1S/C40H49NO12/c1-18-11-13-25(42)14-12-19(2)33(46)21(4)15-22(5)34(47)31-30-26(16-23(6)35(31)48)37(50)32(39(52)38(30)51)41-40(53)20(3)9-8-10-27(43)36(49)24(7)29(45)17-28(18)44/h8-12,14-16,19,21,24-25,27,29,33,36,42-43,45-46,48-50H,13,17H2,1-7H3,(H,41,53). The fourth-order valence-corrected chi connectivity index (χ4v) is 5.98. The molecular weight excluding hydrogens is 686 g/mol. The number of phenolic OH excluding ortho intramolecular Hbond substituents is 1. The van der Waals surface area contributed by atoms with Crippen LogP contribution in [-0.2, 0) is 14.4 Å². The van der Waals surface area contributed by atoms with E-state index in [2.05, 4.69) is 5.32 Å². The Kier molecular flexibility index (Phi) is 14.3. The van der Waals surface area contributed by atoms with Crippen LogP contribution in [0.1, 0.15) is 86.2 Å². The van der Waals surface area contributed by atoms with Crippen LogP contribution in [0.4, 0.5) is 0 Å². The number of carbonyl (C=O) groups is 5. The van der Waals surface area contributed by atoms with Gasteiger partial charge >= 0.3 is 0 Å². The summed E-state index contributed by atoms with van der Waals surface area (Å²) in [6, 6.07) is 1.20. The van der Waals surface area contributed by atoms with Crippen molar-refractivity contribution in [3.05, 3.63) is 93.3 Å². The Morgan fingerprint density at radius 3 is 2.00 bits per heavy atom. The third-order valence-corrected chi connectivity index (χ3v) is 9.70. The number of fused-ring (bicyclic) bond motifs is 19. The second-order valence-corrected chi connectivity index (χ2v) is 13.9. The first-order chi connectivity index (χ1) is 24.7. The number of aliphatic hydroxyl groups is 6. The lowest BCUT2D eigenvalue weighted by Gasteiger charge is -2.26. The van der Waals surface area contributed by atoms with E-state index in [4.69, 9.17) is 0 Å². The van der Waals surface area contributed by atoms with Gasteiger partial charge in [-0.15, -0.1) is 0 Å². The second-order valence-electron chi connectivity index (χ2n) is 13.9. The predicted octanol–water partition coefficient (Wildman–Crippen LogP) is 3.02. The molecule has 0 aromatic heterocycles. The molecule has 1 aromatic carbocycles. The first-order valence-electron chi connectivity index (χ1n) is 17.3. The molecule has 53 heavy (non-hydrogen) atoms. The summed E-state index contributed by atoms with van der Waals surface area (Å²) in [6.45, 7) is 10.4. The van der Waals surface area contributed by atoms with Crippen LogP contribution in [0.2, 0.25) is 0 Å². The zero-order valence-corrected chi connectivity index (χ0v) is 30.8. The Hall–Kier alpha value is -4.79. The lowest BCUT2D eigenvalue weighted by Crippen LogP contribution is -2.38. The van der Waals surface area contributed by atoms with Gasteiger partial charge in [-0.25, -0.2) is 0 Å². The topological polar surface area (TPSA) is 239 Å². The van der Waals surface area contributed by atoms with Gasteiger partial charge in [-0.2, -0.15) is 0 Å². The fraction of sp³-hybridized carbons (Fsp3) is 0.425. The van der Waals surface area contributed by atoms with E-state index in [-0.39, 0.29) is 40.7 Å². The summed E-state index contributed by atoms with van der Waals surface area (Å²) in [5.74, 6) is -8.40. The maximum atomic E-state index is 13.8. The summed E-state index contributed by atoms with van der Waals surface area (Å²) in [7, 11) is 0. The minimum Gasteiger partial charge on any atom is -0.507 e. The highest BCUT2D eigenvalue weighted by Crippen LogP contribution is 2.38. The van der Waals surface area contributed by atoms with E-state index in [0.717, 1.165) is 6.08 Å². The number of ketones is 4. The van der Waals surface area contributed by atoms with Crippen LogP contribution in [0, 0.1) is 24.7 Å². The lowest BCUT2D eigenvalue weighted by atomic mass is 9.82. The monoisotopic (exact) mass is 735 g/mol. The number of allylic oxidation sites excluding steroid dienone is 5. The van der Waals surface area contributed by atoms with Gasteiger partial charge in [-0.1, -0.05) is 63.3 Å². The summed E-state index contributed by atoms with van der Waals surface area (Å²) in [5.41, 5.74) is -1.81. The van der Waals surface area contributed by atoms with E-state index in [1.54, 1.807) is 19.9 Å². The number of rotatable bonds is 0. The average Bonchev–Trinajstić information content (AvgIpc) is 3.12. The first kappa shape index (κ1) is 42.6. The van der Waals surface area contributed by atoms with Crippen molar-refractivity contribution in [2.24, 2.45) is 17.8 Å². The lowest BCUT2D eigenvalue weighted by molar-refractivity contribution is -0.119. The molecule has 286 valence electrons. The fourth-order valence-electron chi connectivity index (χ4n) is 5.98. The highest BCUT2D eigenvalue weighted by Gasteiger charge is 2.39. The van der Waals surface area contributed by atoms with Crippen molar-refractivity contribution < 1.29 is 59.7 Å². The highest BCUT2D eigenvalue weighted by atomic mass is 16.3. The minimum absolute atomic E-state index is 0.0129.